The van der Waals surface area contributed by atoms with Crippen molar-refractivity contribution in [3.05, 3.63) is 0 Å². The maximum absolute atomic E-state index is 12.6. The van der Waals surface area contributed by atoms with Crippen molar-refractivity contribution in [1.29, 1.82) is 0 Å². The summed E-state index contributed by atoms with van der Waals surface area (Å²) in [6.07, 6.45) is 4.96. The lowest BCUT2D eigenvalue weighted by Gasteiger charge is -2.30. The number of hydrogen-bond donors (Lipinski definition) is 1. The molecule has 3 heterocycles. The number of carbonyl (C=O) groups excluding carboxylic acids is 1. The third kappa shape index (κ3) is 2.79. The van der Waals surface area contributed by atoms with Gasteiger partial charge in [-0.25, -0.2) is 0 Å². The second-order valence-electron chi connectivity index (χ2n) is 6.55. The number of nitrogens with one attached hydrogen (secondary N) is 1. The quantitative estimate of drug-likeness (QED) is 0.807. The SMILES string of the molecule is CC(C(=O)N1CCCCCC1)N1CC2CNCC2C1. The fourth-order valence-corrected chi connectivity index (χ4v) is 3.92. The van der Waals surface area contributed by atoms with Crippen molar-refractivity contribution in [1.82, 2.24) is 15.1 Å². The van der Waals surface area contributed by atoms with E-state index in [-0.39, 0.29) is 6.04 Å². The first-order valence-corrected chi connectivity index (χ1v) is 7.99. The van der Waals surface area contributed by atoms with Gasteiger partial charge >= 0.3 is 0 Å². The number of amides is 1. The molecule has 4 nitrogen and oxygen atoms in total. The zero-order valence-corrected chi connectivity index (χ0v) is 12.1. The smallest absolute Gasteiger partial charge is 0.239 e. The second-order valence-corrected chi connectivity index (χ2v) is 6.55. The Bertz CT molecular complexity index is 313. The molecule has 108 valence electrons. The van der Waals surface area contributed by atoms with E-state index in [1.54, 1.807) is 0 Å². The molecule has 3 atom stereocenters. The Morgan fingerprint density at radius 1 is 1.05 bits per heavy atom. The van der Waals surface area contributed by atoms with Gasteiger partial charge in [0.1, 0.15) is 0 Å². The molecule has 0 bridgehead atoms. The zero-order chi connectivity index (χ0) is 13.2. The Labute approximate surface area is 116 Å². The molecule has 0 aromatic carbocycles. The number of nitrogens with zero attached hydrogens (tertiary/aromatic N) is 2. The van der Waals surface area contributed by atoms with Crippen molar-refractivity contribution >= 4 is 5.91 Å². The highest BCUT2D eigenvalue weighted by Crippen LogP contribution is 2.28. The van der Waals surface area contributed by atoms with Crippen molar-refractivity contribution in [2.75, 3.05) is 39.3 Å². The van der Waals surface area contributed by atoms with E-state index >= 15 is 0 Å². The van der Waals surface area contributed by atoms with Crippen molar-refractivity contribution in [2.24, 2.45) is 11.8 Å². The summed E-state index contributed by atoms with van der Waals surface area (Å²) >= 11 is 0. The molecular weight excluding hydrogens is 238 g/mol. The molecule has 3 unspecified atom stereocenters. The van der Waals surface area contributed by atoms with Crippen LogP contribution in [0.3, 0.4) is 0 Å². The molecule has 0 aliphatic carbocycles. The fraction of sp³-hybridized carbons (Fsp3) is 0.933. The molecule has 0 spiro atoms. The van der Waals surface area contributed by atoms with Gasteiger partial charge in [0, 0.05) is 26.2 Å². The largest absolute Gasteiger partial charge is 0.341 e. The molecule has 19 heavy (non-hydrogen) atoms. The summed E-state index contributed by atoms with van der Waals surface area (Å²) in [6.45, 7) is 8.58. The number of rotatable bonds is 2. The minimum absolute atomic E-state index is 0.0868. The molecular formula is C15H27N3O. The third-order valence-electron chi connectivity index (χ3n) is 5.24. The van der Waals surface area contributed by atoms with Gasteiger partial charge in [-0.3, -0.25) is 9.69 Å². The molecule has 0 aromatic rings. The first-order valence-electron chi connectivity index (χ1n) is 7.99. The van der Waals surface area contributed by atoms with Crippen molar-refractivity contribution in [3.63, 3.8) is 0 Å². The summed E-state index contributed by atoms with van der Waals surface area (Å²) in [5.41, 5.74) is 0. The average molecular weight is 265 g/mol. The number of likely N-dealkylation sites (tertiary alicyclic amines) is 2. The molecule has 3 fully saturated rings. The molecule has 3 rings (SSSR count). The first kappa shape index (κ1) is 13.4. The van der Waals surface area contributed by atoms with Gasteiger partial charge in [0.25, 0.3) is 0 Å². The van der Waals surface area contributed by atoms with Gasteiger partial charge in [-0.2, -0.15) is 0 Å². The maximum Gasteiger partial charge on any atom is 0.239 e. The van der Waals surface area contributed by atoms with Gasteiger partial charge in [-0.1, -0.05) is 12.8 Å². The standard InChI is InChI=1S/C15H27N3O/c1-12(15(19)17-6-4-2-3-5-7-17)18-10-13-8-16-9-14(13)11-18/h12-14,16H,2-11H2,1H3. The van der Waals surface area contributed by atoms with Gasteiger partial charge < -0.3 is 10.2 Å². The Kier molecular flexibility index (Phi) is 4.08. The molecule has 3 aliphatic heterocycles. The van der Waals surface area contributed by atoms with Crippen LogP contribution in [0.2, 0.25) is 0 Å². The Morgan fingerprint density at radius 2 is 1.63 bits per heavy atom. The van der Waals surface area contributed by atoms with Crippen molar-refractivity contribution < 1.29 is 4.79 Å². The Hall–Kier alpha value is -0.610. The van der Waals surface area contributed by atoms with Crippen LogP contribution in [0, 0.1) is 11.8 Å². The van der Waals surface area contributed by atoms with Crippen LogP contribution in [0.1, 0.15) is 32.6 Å². The lowest BCUT2D eigenvalue weighted by atomic mass is 10.0. The van der Waals surface area contributed by atoms with E-state index in [1.165, 1.54) is 25.7 Å². The predicted molar refractivity (Wildman–Crippen MR) is 75.9 cm³/mol. The summed E-state index contributed by atoms with van der Waals surface area (Å²) < 4.78 is 0. The van der Waals surface area contributed by atoms with Crippen LogP contribution in [0.25, 0.3) is 0 Å². The van der Waals surface area contributed by atoms with Crippen molar-refractivity contribution in [2.45, 2.75) is 38.6 Å². The van der Waals surface area contributed by atoms with Gasteiger partial charge in [0.15, 0.2) is 0 Å². The van der Waals surface area contributed by atoms with Gasteiger partial charge in [0.05, 0.1) is 6.04 Å². The van der Waals surface area contributed by atoms with Crippen LogP contribution >= 0.6 is 0 Å². The van der Waals surface area contributed by atoms with Crippen LogP contribution in [0.15, 0.2) is 0 Å². The Balaban J connectivity index is 1.57. The summed E-state index contributed by atoms with van der Waals surface area (Å²) in [7, 11) is 0. The van der Waals surface area contributed by atoms with Gasteiger partial charge in [-0.15, -0.1) is 0 Å². The monoisotopic (exact) mass is 265 g/mol. The second kappa shape index (κ2) is 5.80. The van der Waals surface area contributed by atoms with E-state index in [2.05, 4.69) is 22.0 Å². The summed E-state index contributed by atoms with van der Waals surface area (Å²) in [5.74, 6) is 1.92. The zero-order valence-electron chi connectivity index (χ0n) is 12.1. The number of fused-ring (bicyclic) bond motifs is 1. The predicted octanol–water partition coefficient (Wildman–Crippen LogP) is 0.929. The molecule has 3 saturated heterocycles. The minimum atomic E-state index is 0.0868. The molecule has 0 aromatic heterocycles. The lowest BCUT2D eigenvalue weighted by Crippen LogP contribution is -2.47. The molecule has 1 amide bonds. The summed E-state index contributed by atoms with van der Waals surface area (Å²) in [4.78, 5) is 17.2. The number of hydrogen-bond acceptors (Lipinski definition) is 3. The first-order chi connectivity index (χ1) is 9.25. The minimum Gasteiger partial charge on any atom is -0.341 e. The maximum atomic E-state index is 12.6. The average Bonchev–Trinajstić information content (AvgIpc) is 2.89. The van der Waals surface area contributed by atoms with E-state index < -0.39 is 0 Å². The fourth-order valence-electron chi connectivity index (χ4n) is 3.92. The van der Waals surface area contributed by atoms with Crippen molar-refractivity contribution in [3.8, 4) is 0 Å². The van der Waals surface area contributed by atoms with Crippen LogP contribution in [-0.2, 0) is 4.79 Å². The van der Waals surface area contributed by atoms with E-state index in [0.717, 1.165) is 51.1 Å². The third-order valence-corrected chi connectivity index (χ3v) is 5.24. The van der Waals surface area contributed by atoms with Crippen LogP contribution < -0.4 is 5.32 Å². The van der Waals surface area contributed by atoms with Crippen LogP contribution in [0.5, 0.6) is 0 Å². The van der Waals surface area contributed by atoms with E-state index in [4.69, 9.17) is 0 Å². The number of carbonyl (C=O) groups is 1. The molecule has 3 aliphatic rings. The van der Waals surface area contributed by atoms with E-state index in [9.17, 15) is 4.79 Å². The van der Waals surface area contributed by atoms with E-state index in [1.807, 2.05) is 0 Å². The molecule has 1 N–H and O–H groups in total. The van der Waals surface area contributed by atoms with Gasteiger partial charge in [0.2, 0.25) is 5.91 Å². The highest BCUT2D eigenvalue weighted by atomic mass is 16.2. The lowest BCUT2D eigenvalue weighted by molar-refractivity contribution is -0.136. The Morgan fingerprint density at radius 3 is 2.21 bits per heavy atom. The van der Waals surface area contributed by atoms with Crippen LogP contribution in [0.4, 0.5) is 0 Å². The molecule has 4 heteroatoms. The van der Waals surface area contributed by atoms with Crippen LogP contribution in [-0.4, -0.2) is 61.0 Å². The topological polar surface area (TPSA) is 35.6 Å². The summed E-state index contributed by atoms with van der Waals surface area (Å²) in [5, 5.41) is 3.46. The molecule has 0 radical (unpaired) electrons. The van der Waals surface area contributed by atoms with Gasteiger partial charge in [-0.05, 0) is 44.7 Å². The molecule has 0 saturated carbocycles. The highest BCUT2D eigenvalue weighted by molar-refractivity contribution is 5.81. The normalized spacial score (nSPS) is 34.1. The highest BCUT2D eigenvalue weighted by Gasteiger charge is 2.40. The summed E-state index contributed by atoms with van der Waals surface area (Å²) in [6, 6.07) is 0.0868. The van der Waals surface area contributed by atoms with E-state index in [0.29, 0.717) is 5.91 Å².